The van der Waals surface area contributed by atoms with Crippen LogP contribution in [0.4, 0.5) is 10.1 Å². The molecular formula is C9H8FNO3. The van der Waals surface area contributed by atoms with Gasteiger partial charge in [0.25, 0.3) is 0 Å². The lowest BCUT2D eigenvalue weighted by atomic mass is 10.1. The van der Waals surface area contributed by atoms with Crippen molar-refractivity contribution in [3.05, 3.63) is 29.6 Å². The average molecular weight is 197 g/mol. The van der Waals surface area contributed by atoms with Gasteiger partial charge < -0.3 is 5.11 Å². The molecule has 0 bridgehead atoms. The summed E-state index contributed by atoms with van der Waals surface area (Å²) in [4.78, 5) is 10.7. The zero-order valence-electron chi connectivity index (χ0n) is 7.14. The molecule has 0 aromatic heterocycles. The summed E-state index contributed by atoms with van der Waals surface area (Å²) >= 11 is 0. The Hall–Kier alpha value is -1.62. The molecule has 2 rings (SSSR count). The minimum absolute atomic E-state index is 0.124. The second-order valence-electron chi connectivity index (χ2n) is 3.18. The molecule has 1 atom stereocenters. The Kier molecular flexibility index (Phi) is 1.89. The van der Waals surface area contributed by atoms with Gasteiger partial charge in [0.15, 0.2) is 6.04 Å². The first-order valence-corrected chi connectivity index (χ1v) is 4.09. The number of anilines is 1. The Bertz CT molecular complexity index is 394. The third-order valence-corrected chi connectivity index (χ3v) is 2.28. The number of hydroxylamine groups is 1. The Morgan fingerprint density at radius 3 is 2.93 bits per heavy atom. The molecule has 5 heteroatoms. The minimum Gasteiger partial charge on any atom is -0.480 e. The fourth-order valence-corrected chi connectivity index (χ4v) is 1.60. The lowest BCUT2D eigenvalue weighted by Crippen LogP contribution is -2.35. The first-order chi connectivity index (χ1) is 6.59. The average Bonchev–Trinajstić information content (AvgIpc) is 2.43. The molecule has 0 aliphatic carbocycles. The van der Waals surface area contributed by atoms with Crippen LogP contribution in [0.15, 0.2) is 18.2 Å². The van der Waals surface area contributed by atoms with E-state index in [-0.39, 0.29) is 6.42 Å². The monoisotopic (exact) mass is 197 g/mol. The van der Waals surface area contributed by atoms with E-state index in [1.54, 1.807) is 0 Å². The molecule has 0 saturated heterocycles. The molecule has 1 heterocycles. The Balaban J connectivity index is 2.40. The van der Waals surface area contributed by atoms with Crippen molar-refractivity contribution in [3.63, 3.8) is 0 Å². The van der Waals surface area contributed by atoms with Crippen LogP contribution < -0.4 is 5.06 Å². The molecule has 1 aromatic rings. The van der Waals surface area contributed by atoms with Gasteiger partial charge in [0.2, 0.25) is 0 Å². The highest BCUT2D eigenvalue weighted by atomic mass is 19.1. The summed E-state index contributed by atoms with van der Waals surface area (Å²) in [5.41, 5.74) is 0.874. The number of carbonyl (C=O) groups is 1. The molecule has 14 heavy (non-hydrogen) atoms. The summed E-state index contributed by atoms with van der Waals surface area (Å²) in [6, 6.07) is 2.79. The molecule has 1 unspecified atom stereocenters. The third-order valence-electron chi connectivity index (χ3n) is 2.28. The van der Waals surface area contributed by atoms with Gasteiger partial charge in [-0.15, -0.1) is 0 Å². The Morgan fingerprint density at radius 1 is 1.57 bits per heavy atom. The zero-order chi connectivity index (χ0) is 10.3. The first-order valence-electron chi connectivity index (χ1n) is 4.09. The van der Waals surface area contributed by atoms with Crippen LogP contribution in [0.25, 0.3) is 0 Å². The van der Waals surface area contributed by atoms with Crippen molar-refractivity contribution in [2.45, 2.75) is 12.5 Å². The van der Waals surface area contributed by atoms with Crippen LogP contribution in [0.1, 0.15) is 5.56 Å². The smallest absolute Gasteiger partial charge is 0.329 e. The number of nitrogens with zero attached hydrogens (tertiary/aromatic N) is 1. The number of fused-ring (bicyclic) bond motifs is 1. The number of benzene rings is 1. The van der Waals surface area contributed by atoms with Gasteiger partial charge >= 0.3 is 5.97 Å². The van der Waals surface area contributed by atoms with Gasteiger partial charge in [-0.3, -0.25) is 5.21 Å². The van der Waals surface area contributed by atoms with Gasteiger partial charge in [0, 0.05) is 6.42 Å². The topological polar surface area (TPSA) is 60.8 Å². The van der Waals surface area contributed by atoms with Crippen LogP contribution in [0.3, 0.4) is 0 Å². The van der Waals surface area contributed by atoms with Crippen molar-refractivity contribution in [2.24, 2.45) is 0 Å². The second-order valence-corrected chi connectivity index (χ2v) is 3.18. The normalized spacial score (nSPS) is 19.6. The van der Waals surface area contributed by atoms with Crippen molar-refractivity contribution in [2.75, 3.05) is 5.06 Å². The van der Waals surface area contributed by atoms with Crippen molar-refractivity contribution >= 4 is 11.7 Å². The molecule has 0 saturated carbocycles. The lowest BCUT2D eigenvalue weighted by molar-refractivity contribution is -0.139. The largest absolute Gasteiger partial charge is 0.480 e. The SMILES string of the molecule is O=C(O)C1Cc2cc(F)ccc2N1O. The second kappa shape index (κ2) is 2.95. The molecule has 74 valence electrons. The number of halogens is 1. The standard InChI is InChI=1S/C9H8FNO3/c10-6-1-2-7-5(3-6)4-8(9(12)13)11(7)14/h1-3,8,14H,4H2,(H,12,13). The van der Waals surface area contributed by atoms with E-state index in [4.69, 9.17) is 5.11 Å². The number of aliphatic carboxylic acids is 1. The summed E-state index contributed by atoms with van der Waals surface area (Å²) in [5, 5.41) is 18.8. The van der Waals surface area contributed by atoms with Crippen LogP contribution in [0, 0.1) is 5.82 Å². The van der Waals surface area contributed by atoms with E-state index < -0.39 is 17.8 Å². The Morgan fingerprint density at radius 2 is 2.29 bits per heavy atom. The highest BCUT2D eigenvalue weighted by Crippen LogP contribution is 2.30. The number of carboxylic acids is 1. The molecule has 1 aliphatic rings. The highest BCUT2D eigenvalue weighted by molar-refractivity contribution is 5.81. The summed E-state index contributed by atoms with van der Waals surface area (Å²) in [5.74, 6) is -1.55. The maximum Gasteiger partial charge on any atom is 0.329 e. The van der Waals surface area contributed by atoms with Crippen LogP contribution >= 0.6 is 0 Å². The van der Waals surface area contributed by atoms with E-state index >= 15 is 0 Å². The molecular weight excluding hydrogens is 189 g/mol. The molecule has 2 N–H and O–H groups in total. The first kappa shape index (κ1) is 8.96. The van der Waals surface area contributed by atoms with E-state index in [2.05, 4.69) is 0 Å². The Labute approximate surface area is 79.1 Å². The summed E-state index contributed by atoms with van der Waals surface area (Å²) < 4.78 is 12.8. The molecule has 0 radical (unpaired) electrons. The molecule has 1 aromatic carbocycles. The minimum atomic E-state index is -1.12. The van der Waals surface area contributed by atoms with Gasteiger partial charge in [-0.25, -0.2) is 14.2 Å². The van der Waals surface area contributed by atoms with E-state index in [9.17, 15) is 14.4 Å². The molecule has 1 aliphatic heterocycles. The zero-order valence-corrected chi connectivity index (χ0v) is 7.14. The van der Waals surface area contributed by atoms with E-state index in [1.165, 1.54) is 18.2 Å². The summed E-state index contributed by atoms with van der Waals surface area (Å²) in [6.45, 7) is 0. The van der Waals surface area contributed by atoms with Crippen LogP contribution in [-0.4, -0.2) is 22.3 Å². The van der Waals surface area contributed by atoms with E-state index in [1.807, 2.05) is 0 Å². The third kappa shape index (κ3) is 1.22. The molecule has 0 spiro atoms. The van der Waals surface area contributed by atoms with Crippen molar-refractivity contribution in [3.8, 4) is 0 Å². The predicted octanol–water partition coefficient (Wildman–Crippen LogP) is 1.03. The summed E-state index contributed by atoms with van der Waals surface area (Å²) in [6.07, 6.45) is 0.124. The number of hydrogen-bond acceptors (Lipinski definition) is 3. The molecule has 0 fully saturated rings. The van der Waals surface area contributed by atoms with Crippen LogP contribution in [0.2, 0.25) is 0 Å². The maximum atomic E-state index is 12.8. The number of carboxylic acid groups (broad SMARTS) is 1. The van der Waals surface area contributed by atoms with Crippen molar-refractivity contribution in [1.82, 2.24) is 0 Å². The predicted molar refractivity (Wildman–Crippen MR) is 45.8 cm³/mol. The lowest BCUT2D eigenvalue weighted by Gasteiger charge is -2.15. The molecule has 0 amide bonds. The van der Waals surface area contributed by atoms with Gasteiger partial charge in [-0.1, -0.05) is 0 Å². The van der Waals surface area contributed by atoms with E-state index in [0.29, 0.717) is 16.3 Å². The number of hydrogen-bond donors (Lipinski definition) is 2. The van der Waals surface area contributed by atoms with Crippen LogP contribution in [0.5, 0.6) is 0 Å². The van der Waals surface area contributed by atoms with Gasteiger partial charge in [0.1, 0.15) is 5.82 Å². The summed E-state index contributed by atoms with van der Waals surface area (Å²) in [7, 11) is 0. The number of rotatable bonds is 1. The van der Waals surface area contributed by atoms with Crippen molar-refractivity contribution in [1.29, 1.82) is 0 Å². The molecule has 4 nitrogen and oxygen atoms in total. The van der Waals surface area contributed by atoms with Crippen molar-refractivity contribution < 1.29 is 19.5 Å². The van der Waals surface area contributed by atoms with Gasteiger partial charge in [-0.05, 0) is 23.8 Å². The highest BCUT2D eigenvalue weighted by Gasteiger charge is 2.33. The fraction of sp³-hybridized carbons (Fsp3) is 0.222. The fourth-order valence-electron chi connectivity index (χ4n) is 1.60. The van der Waals surface area contributed by atoms with Crippen LogP contribution in [-0.2, 0) is 11.2 Å². The van der Waals surface area contributed by atoms with Gasteiger partial charge in [-0.2, -0.15) is 0 Å². The van der Waals surface area contributed by atoms with E-state index in [0.717, 1.165) is 0 Å². The quantitative estimate of drug-likeness (QED) is 0.705. The maximum absolute atomic E-state index is 12.8. The van der Waals surface area contributed by atoms with Gasteiger partial charge in [0.05, 0.1) is 5.69 Å².